The molecule has 4 atom stereocenters. The summed E-state index contributed by atoms with van der Waals surface area (Å²) in [7, 11) is 0. The van der Waals surface area contributed by atoms with Crippen LogP contribution in [-0.2, 0) is 9.53 Å². The highest BCUT2D eigenvalue weighted by atomic mass is 16.6. The van der Waals surface area contributed by atoms with Crippen molar-refractivity contribution in [3.63, 3.8) is 0 Å². The maximum absolute atomic E-state index is 11.8. The number of ether oxygens (including phenoxy) is 1. The zero-order valence-electron chi connectivity index (χ0n) is 11.0. The molecule has 0 aromatic heterocycles. The maximum Gasteiger partial charge on any atom is 0.417 e. The predicted octanol–water partition coefficient (Wildman–Crippen LogP) is 2.51. The third-order valence-electron chi connectivity index (χ3n) is 3.73. The minimum atomic E-state index is -0.505. The van der Waals surface area contributed by atoms with Crippen molar-refractivity contribution in [3.05, 3.63) is 24.3 Å². The molecule has 98 valence electrons. The monoisotopic (exact) mass is 249 g/mol. The Labute approximate surface area is 107 Å². The fourth-order valence-corrected chi connectivity index (χ4v) is 2.63. The van der Waals surface area contributed by atoms with E-state index in [1.165, 1.54) is 4.90 Å². The van der Waals surface area contributed by atoms with Crippen LogP contribution in [0.25, 0.3) is 0 Å². The Bertz CT molecular complexity index is 413. The fourth-order valence-electron chi connectivity index (χ4n) is 2.63. The van der Waals surface area contributed by atoms with E-state index in [2.05, 4.69) is 19.1 Å². The second-order valence-corrected chi connectivity index (χ2v) is 4.91. The Morgan fingerprint density at radius 3 is 2.61 bits per heavy atom. The molecule has 0 saturated carbocycles. The third kappa shape index (κ3) is 2.07. The van der Waals surface area contributed by atoms with E-state index in [0.717, 1.165) is 0 Å². The van der Waals surface area contributed by atoms with Crippen LogP contribution in [0.2, 0.25) is 0 Å². The van der Waals surface area contributed by atoms with Crippen LogP contribution in [0.1, 0.15) is 27.2 Å². The van der Waals surface area contributed by atoms with Crippen molar-refractivity contribution in [2.45, 2.75) is 39.3 Å². The van der Waals surface area contributed by atoms with Gasteiger partial charge in [0.2, 0.25) is 5.91 Å². The van der Waals surface area contributed by atoms with E-state index in [4.69, 9.17) is 4.74 Å². The van der Waals surface area contributed by atoms with Gasteiger partial charge in [0, 0.05) is 12.3 Å². The van der Waals surface area contributed by atoms with Crippen LogP contribution in [0.3, 0.4) is 0 Å². The number of nitrogens with zero attached hydrogens (tertiary/aromatic N) is 1. The van der Waals surface area contributed by atoms with E-state index >= 15 is 0 Å². The number of cyclic esters (lactones) is 1. The second-order valence-electron chi connectivity index (χ2n) is 4.91. The zero-order valence-corrected chi connectivity index (χ0v) is 11.0. The van der Waals surface area contributed by atoms with Crippen molar-refractivity contribution in [3.8, 4) is 0 Å². The number of imide groups is 1. The normalized spacial score (nSPS) is 34.8. The van der Waals surface area contributed by atoms with Gasteiger partial charge < -0.3 is 4.74 Å². The Morgan fingerprint density at radius 1 is 1.33 bits per heavy atom. The number of carbonyl (C=O) groups excluding carboxylic acids is 2. The van der Waals surface area contributed by atoms with Gasteiger partial charge in [0.05, 0.1) is 6.04 Å². The van der Waals surface area contributed by atoms with Gasteiger partial charge in [0.1, 0.15) is 6.10 Å². The number of allylic oxidation sites excluding steroid dienone is 3. The lowest BCUT2D eigenvalue weighted by Crippen LogP contribution is -2.41. The molecule has 0 aromatic rings. The van der Waals surface area contributed by atoms with E-state index in [0.29, 0.717) is 12.3 Å². The highest BCUT2D eigenvalue weighted by Crippen LogP contribution is 2.32. The number of hydrogen-bond donors (Lipinski definition) is 0. The Kier molecular flexibility index (Phi) is 3.55. The molecule has 4 nitrogen and oxygen atoms in total. The van der Waals surface area contributed by atoms with Crippen molar-refractivity contribution >= 4 is 12.0 Å². The number of hydrogen-bond acceptors (Lipinski definition) is 3. The molecule has 1 saturated heterocycles. The lowest BCUT2D eigenvalue weighted by Gasteiger charge is -2.28. The summed E-state index contributed by atoms with van der Waals surface area (Å²) in [5.41, 5.74) is 0. The van der Waals surface area contributed by atoms with Crippen molar-refractivity contribution in [1.29, 1.82) is 0 Å². The first-order valence-electron chi connectivity index (χ1n) is 6.44. The summed E-state index contributed by atoms with van der Waals surface area (Å²) in [5, 5.41) is 0. The van der Waals surface area contributed by atoms with Crippen molar-refractivity contribution in [2.75, 3.05) is 0 Å². The minimum absolute atomic E-state index is 0.142. The van der Waals surface area contributed by atoms with Gasteiger partial charge in [-0.05, 0) is 12.8 Å². The van der Waals surface area contributed by atoms with E-state index in [9.17, 15) is 9.59 Å². The van der Waals surface area contributed by atoms with Crippen LogP contribution in [0.4, 0.5) is 4.79 Å². The summed E-state index contributed by atoms with van der Waals surface area (Å²) in [5.74, 6) is 0.286. The average molecular weight is 249 g/mol. The van der Waals surface area contributed by atoms with Crippen molar-refractivity contribution in [2.24, 2.45) is 11.8 Å². The molecule has 0 aromatic carbocycles. The first-order valence-corrected chi connectivity index (χ1v) is 6.44. The summed E-state index contributed by atoms with van der Waals surface area (Å²) in [4.78, 5) is 24.8. The summed E-state index contributed by atoms with van der Waals surface area (Å²) < 4.78 is 5.40. The van der Waals surface area contributed by atoms with E-state index in [1.54, 1.807) is 6.92 Å². The molecule has 1 aliphatic carbocycles. The number of amides is 2. The third-order valence-corrected chi connectivity index (χ3v) is 3.73. The van der Waals surface area contributed by atoms with Gasteiger partial charge >= 0.3 is 6.09 Å². The topological polar surface area (TPSA) is 46.6 Å². The summed E-state index contributed by atoms with van der Waals surface area (Å²) in [6.45, 7) is 5.72. The van der Waals surface area contributed by atoms with Crippen molar-refractivity contribution in [1.82, 2.24) is 4.90 Å². The van der Waals surface area contributed by atoms with Crippen molar-refractivity contribution < 1.29 is 14.3 Å². The first kappa shape index (κ1) is 12.9. The maximum atomic E-state index is 11.8. The molecule has 2 unspecified atom stereocenters. The molecule has 0 N–H and O–H groups in total. The molecule has 0 spiro atoms. The molecule has 1 aliphatic heterocycles. The highest BCUT2D eigenvalue weighted by molar-refractivity contribution is 5.93. The zero-order chi connectivity index (χ0) is 13.3. The van der Waals surface area contributed by atoms with Crippen LogP contribution in [0.5, 0.6) is 0 Å². The van der Waals surface area contributed by atoms with E-state index in [-0.39, 0.29) is 24.0 Å². The number of carbonyl (C=O) groups is 2. The van der Waals surface area contributed by atoms with Gasteiger partial charge in [-0.1, -0.05) is 38.2 Å². The molecule has 2 rings (SSSR count). The summed E-state index contributed by atoms with van der Waals surface area (Å²) in [6, 6.07) is -0.200. The van der Waals surface area contributed by atoms with Gasteiger partial charge in [0.15, 0.2) is 0 Å². The molecule has 1 fully saturated rings. The van der Waals surface area contributed by atoms with Crippen LogP contribution in [0.15, 0.2) is 24.3 Å². The first-order chi connectivity index (χ1) is 8.56. The Balaban J connectivity index is 2.17. The Morgan fingerprint density at radius 2 is 2.00 bits per heavy atom. The van der Waals surface area contributed by atoms with Crippen LogP contribution >= 0.6 is 0 Å². The van der Waals surface area contributed by atoms with Gasteiger partial charge in [-0.2, -0.15) is 0 Å². The van der Waals surface area contributed by atoms with Crippen LogP contribution in [-0.4, -0.2) is 29.0 Å². The van der Waals surface area contributed by atoms with E-state index in [1.807, 2.05) is 19.1 Å². The average Bonchev–Trinajstić information content (AvgIpc) is 2.65. The standard InChI is InChI=1S/C14H19NO3/c1-4-12(16)15-10(3)13(18-14(15)17)11-8-6-5-7-9(11)2/h5-11,13H,4H2,1-3H3/t9?,10-,11?,13-/m1/s1. The van der Waals surface area contributed by atoms with Gasteiger partial charge in [-0.25, -0.2) is 9.69 Å². The Hall–Kier alpha value is -1.58. The minimum Gasteiger partial charge on any atom is -0.443 e. The predicted molar refractivity (Wildman–Crippen MR) is 67.8 cm³/mol. The molecular formula is C14H19NO3. The lowest BCUT2D eigenvalue weighted by atomic mass is 9.83. The summed E-state index contributed by atoms with van der Waals surface area (Å²) >= 11 is 0. The van der Waals surface area contributed by atoms with Gasteiger partial charge in [0.25, 0.3) is 0 Å². The molecule has 18 heavy (non-hydrogen) atoms. The molecule has 0 bridgehead atoms. The number of rotatable bonds is 2. The molecule has 0 radical (unpaired) electrons. The molecule has 1 heterocycles. The van der Waals surface area contributed by atoms with Crippen LogP contribution in [0, 0.1) is 11.8 Å². The SMILES string of the molecule is CCC(=O)N1C(=O)O[C@@H](C2C=CC=CC2C)[C@H]1C. The summed E-state index contributed by atoms with van der Waals surface area (Å²) in [6.07, 6.45) is 7.68. The molecule has 2 aliphatic rings. The largest absolute Gasteiger partial charge is 0.443 e. The van der Waals surface area contributed by atoms with Gasteiger partial charge in [-0.15, -0.1) is 0 Å². The van der Waals surface area contributed by atoms with Gasteiger partial charge in [-0.3, -0.25) is 4.79 Å². The quantitative estimate of drug-likeness (QED) is 0.755. The lowest BCUT2D eigenvalue weighted by molar-refractivity contribution is -0.128. The highest BCUT2D eigenvalue weighted by Gasteiger charge is 2.46. The molecular weight excluding hydrogens is 230 g/mol. The smallest absolute Gasteiger partial charge is 0.417 e. The molecule has 4 heteroatoms. The van der Waals surface area contributed by atoms with Crippen LogP contribution < -0.4 is 0 Å². The van der Waals surface area contributed by atoms with E-state index < -0.39 is 6.09 Å². The second kappa shape index (κ2) is 4.96. The molecule has 2 amide bonds. The fraction of sp³-hybridized carbons (Fsp3) is 0.571.